The van der Waals surface area contributed by atoms with E-state index in [1.54, 1.807) is 11.6 Å². The van der Waals surface area contributed by atoms with Gasteiger partial charge >= 0.3 is 0 Å². The van der Waals surface area contributed by atoms with Crippen LogP contribution in [0.2, 0.25) is 5.15 Å². The van der Waals surface area contributed by atoms with Crippen molar-refractivity contribution in [1.29, 1.82) is 0 Å². The second-order valence-corrected chi connectivity index (χ2v) is 8.00. The maximum Gasteiger partial charge on any atom is 0.260 e. The minimum absolute atomic E-state index is 0.0831. The van der Waals surface area contributed by atoms with Gasteiger partial charge in [0.1, 0.15) is 5.15 Å². The van der Waals surface area contributed by atoms with Gasteiger partial charge in [-0.1, -0.05) is 80.9 Å². The van der Waals surface area contributed by atoms with Crippen LogP contribution in [-0.2, 0) is 12.0 Å². The number of halogens is 1. The van der Waals surface area contributed by atoms with Crippen LogP contribution in [0.1, 0.15) is 48.0 Å². The Bertz CT molecular complexity index is 955. The van der Waals surface area contributed by atoms with Crippen LogP contribution in [0, 0.1) is 6.92 Å². The summed E-state index contributed by atoms with van der Waals surface area (Å²) in [6.07, 6.45) is 0. The first-order valence-electron chi connectivity index (χ1n) is 8.95. The van der Waals surface area contributed by atoms with Gasteiger partial charge in [0, 0.05) is 5.69 Å². The minimum atomic E-state index is -0.242. The predicted molar refractivity (Wildman–Crippen MR) is 111 cm³/mol. The molecular formula is C22H24ClN3O. The number of hydrogen-bond donors (Lipinski definition) is 1. The van der Waals surface area contributed by atoms with Crippen molar-refractivity contribution in [3.05, 3.63) is 82.1 Å². The van der Waals surface area contributed by atoms with Crippen LogP contribution >= 0.6 is 11.6 Å². The zero-order valence-electron chi connectivity index (χ0n) is 16.1. The minimum Gasteiger partial charge on any atom is -0.322 e. The molecule has 2 aromatic carbocycles. The average molecular weight is 382 g/mol. The summed E-state index contributed by atoms with van der Waals surface area (Å²) < 4.78 is 1.66. The molecule has 0 unspecified atom stereocenters. The van der Waals surface area contributed by atoms with Gasteiger partial charge in [-0.25, -0.2) is 4.68 Å². The lowest BCUT2D eigenvalue weighted by Crippen LogP contribution is -2.19. The molecule has 1 heterocycles. The second-order valence-electron chi connectivity index (χ2n) is 7.64. The number of para-hydroxylation sites is 1. The monoisotopic (exact) mass is 381 g/mol. The summed E-state index contributed by atoms with van der Waals surface area (Å²) in [5.41, 5.74) is 3.88. The van der Waals surface area contributed by atoms with E-state index in [4.69, 9.17) is 11.6 Å². The lowest BCUT2D eigenvalue weighted by molar-refractivity contribution is 0.102. The van der Waals surface area contributed by atoms with Crippen molar-refractivity contribution in [2.24, 2.45) is 0 Å². The number of aromatic nitrogens is 2. The highest BCUT2D eigenvalue weighted by Crippen LogP contribution is 2.30. The van der Waals surface area contributed by atoms with Crippen LogP contribution in [0.3, 0.4) is 0 Å². The molecule has 27 heavy (non-hydrogen) atoms. The van der Waals surface area contributed by atoms with E-state index in [0.717, 1.165) is 16.8 Å². The van der Waals surface area contributed by atoms with E-state index in [9.17, 15) is 4.79 Å². The standard InChI is InChI=1S/C22H24ClN3O/c1-15-19(20(23)26(25-15)14-16-10-6-5-7-11-16)21(27)24-18-13-9-8-12-17(18)22(2,3)4/h5-13H,14H2,1-4H3,(H,24,27). The topological polar surface area (TPSA) is 46.9 Å². The molecule has 0 atom stereocenters. The number of anilines is 1. The van der Waals surface area contributed by atoms with Crippen LogP contribution in [0.15, 0.2) is 54.6 Å². The van der Waals surface area contributed by atoms with Gasteiger partial charge in [-0.05, 0) is 29.5 Å². The van der Waals surface area contributed by atoms with Gasteiger partial charge in [-0.2, -0.15) is 5.10 Å². The molecule has 0 spiro atoms. The Morgan fingerprint density at radius 2 is 1.70 bits per heavy atom. The Kier molecular flexibility index (Phi) is 5.38. The van der Waals surface area contributed by atoms with Gasteiger partial charge in [0.15, 0.2) is 0 Å². The summed E-state index contributed by atoms with van der Waals surface area (Å²) in [5.74, 6) is -0.242. The van der Waals surface area contributed by atoms with Crippen LogP contribution < -0.4 is 5.32 Å². The number of aryl methyl sites for hydroxylation is 1. The maximum absolute atomic E-state index is 13.0. The molecule has 1 N–H and O–H groups in total. The number of benzene rings is 2. The largest absolute Gasteiger partial charge is 0.322 e. The molecule has 0 fully saturated rings. The van der Waals surface area contributed by atoms with E-state index in [0.29, 0.717) is 23.0 Å². The van der Waals surface area contributed by atoms with Crippen molar-refractivity contribution in [2.45, 2.75) is 39.7 Å². The van der Waals surface area contributed by atoms with Crippen LogP contribution in [0.5, 0.6) is 0 Å². The van der Waals surface area contributed by atoms with Crippen molar-refractivity contribution >= 4 is 23.2 Å². The molecule has 3 aromatic rings. The third-order valence-corrected chi connectivity index (χ3v) is 4.84. The SMILES string of the molecule is Cc1nn(Cc2ccccc2)c(Cl)c1C(=O)Nc1ccccc1C(C)(C)C. The molecule has 3 rings (SSSR count). The molecule has 0 bridgehead atoms. The fraction of sp³-hybridized carbons (Fsp3) is 0.273. The Balaban J connectivity index is 1.89. The fourth-order valence-corrected chi connectivity index (χ4v) is 3.42. The zero-order valence-corrected chi connectivity index (χ0v) is 16.8. The summed E-state index contributed by atoms with van der Waals surface area (Å²) in [6, 6.07) is 17.8. The van der Waals surface area contributed by atoms with E-state index < -0.39 is 0 Å². The van der Waals surface area contributed by atoms with Crippen molar-refractivity contribution in [3.63, 3.8) is 0 Å². The third kappa shape index (κ3) is 4.22. The Morgan fingerprint density at radius 1 is 1.07 bits per heavy atom. The molecule has 0 aliphatic heterocycles. The third-order valence-electron chi connectivity index (χ3n) is 4.45. The highest BCUT2D eigenvalue weighted by Gasteiger charge is 2.23. The Labute approximate surface area is 165 Å². The number of amides is 1. The fourth-order valence-electron chi connectivity index (χ4n) is 3.10. The molecule has 0 aliphatic carbocycles. The van der Waals surface area contributed by atoms with E-state index >= 15 is 0 Å². The molecule has 5 heteroatoms. The van der Waals surface area contributed by atoms with Crippen molar-refractivity contribution in [1.82, 2.24) is 9.78 Å². The molecule has 0 saturated carbocycles. The Morgan fingerprint density at radius 3 is 2.37 bits per heavy atom. The highest BCUT2D eigenvalue weighted by atomic mass is 35.5. The molecule has 0 aliphatic rings. The van der Waals surface area contributed by atoms with E-state index in [1.165, 1.54) is 0 Å². The molecule has 0 radical (unpaired) electrons. The number of carbonyl (C=O) groups is 1. The van der Waals surface area contributed by atoms with Gasteiger partial charge in [0.25, 0.3) is 5.91 Å². The van der Waals surface area contributed by atoms with Crippen LogP contribution in [0.4, 0.5) is 5.69 Å². The van der Waals surface area contributed by atoms with Gasteiger partial charge in [-0.3, -0.25) is 4.79 Å². The first-order chi connectivity index (χ1) is 12.8. The van der Waals surface area contributed by atoms with Gasteiger partial charge in [0.05, 0.1) is 17.8 Å². The van der Waals surface area contributed by atoms with E-state index in [-0.39, 0.29) is 11.3 Å². The molecule has 0 saturated heterocycles. The average Bonchev–Trinajstić information content (AvgIpc) is 2.89. The van der Waals surface area contributed by atoms with Crippen LogP contribution in [-0.4, -0.2) is 15.7 Å². The molecule has 4 nitrogen and oxygen atoms in total. The zero-order chi connectivity index (χ0) is 19.6. The van der Waals surface area contributed by atoms with Gasteiger partial charge in [-0.15, -0.1) is 0 Å². The number of carbonyl (C=O) groups excluding carboxylic acids is 1. The van der Waals surface area contributed by atoms with Crippen molar-refractivity contribution in [2.75, 3.05) is 5.32 Å². The van der Waals surface area contributed by atoms with Crippen molar-refractivity contribution < 1.29 is 4.79 Å². The summed E-state index contributed by atoms with van der Waals surface area (Å²) in [5, 5.41) is 7.83. The number of nitrogens with zero attached hydrogens (tertiary/aromatic N) is 2. The lowest BCUT2D eigenvalue weighted by atomic mass is 9.86. The quantitative estimate of drug-likeness (QED) is 0.653. The molecule has 1 amide bonds. The van der Waals surface area contributed by atoms with Gasteiger partial charge < -0.3 is 5.32 Å². The van der Waals surface area contributed by atoms with Crippen LogP contribution in [0.25, 0.3) is 0 Å². The summed E-state index contributed by atoms with van der Waals surface area (Å²) in [6.45, 7) is 8.68. The summed E-state index contributed by atoms with van der Waals surface area (Å²) in [4.78, 5) is 13.0. The van der Waals surface area contributed by atoms with E-state index in [2.05, 4.69) is 31.2 Å². The highest BCUT2D eigenvalue weighted by molar-refractivity contribution is 6.33. The number of rotatable bonds is 4. The van der Waals surface area contributed by atoms with Crippen molar-refractivity contribution in [3.8, 4) is 0 Å². The first-order valence-corrected chi connectivity index (χ1v) is 9.33. The number of hydrogen-bond acceptors (Lipinski definition) is 2. The summed E-state index contributed by atoms with van der Waals surface area (Å²) in [7, 11) is 0. The molecular weight excluding hydrogens is 358 g/mol. The maximum atomic E-state index is 13.0. The molecule has 140 valence electrons. The second kappa shape index (κ2) is 7.57. The normalized spacial score (nSPS) is 11.4. The lowest BCUT2D eigenvalue weighted by Gasteiger charge is -2.23. The van der Waals surface area contributed by atoms with Gasteiger partial charge in [0.2, 0.25) is 0 Å². The first kappa shape index (κ1) is 19.2. The smallest absolute Gasteiger partial charge is 0.260 e. The summed E-state index contributed by atoms with van der Waals surface area (Å²) >= 11 is 6.51. The van der Waals surface area contributed by atoms with E-state index in [1.807, 2.05) is 54.6 Å². The molecule has 1 aromatic heterocycles. The predicted octanol–water partition coefficient (Wildman–Crippen LogP) is 5.44. The Hall–Kier alpha value is -2.59. The number of nitrogens with one attached hydrogen (secondary N) is 1.